The molecule has 0 spiro atoms. The summed E-state index contributed by atoms with van der Waals surface area (Å²) in [5.74, 6) is 2.12. The van der Waals surface area contributed by atoms with E-state index in [9.17, 15) is 4.79 Å². The second-order valence-corrected chi connectivity index (χ2v) is 7.86. The molecule has 2 aromatic carbocycles. The normalized spacial score (nSPS) is 15.1. The summed E-state index contributed by atoms with van der Waals surface area (Å²) in [4.78, 5) is 13.3. The molecule has 1 fully saturated rings. The van der Waals surface area contributed by atoms with Crippen LogP contribution in [0.2, 0.25) is 0 Å². The molecule has 0 aromatic heterocycles. The Kier molecular flexibility index (Phi) is 6.50. The Morgan fingerprint density at radius 1 is 1.04 bits per heavy atom. The van der Waals surface area contributed by atoms with Crippen LogP contribution in [0, 0.1) is 0 Å². The Bertz CT molecular complexity index is 846. The number of halogens is 1. The van der Waals surface area contributed by atoms with E-state index in [1.54, 1.807) is 21.3 Å². The van der Waals surface area contributed by atoms with E-state index >= 15 is 0 Å². The van der Waals surface area contributed by atoms with Gasteiger partial charge in [0.1, 0.15) is 5.75 Å². The summed E-state index contributed by atoms with van der Waals surface area (Å²) in [6.45, 7) is 0.408. The first-order valence-corrected chi connectivity index (χ1v) is 10.2. The number of nitrogens with one attached hydrogen (secondary N) is 1. The van der Waals surface area contributed by atoms with Gasteiger partial charge in [-0.05, 0) is 48.2 Å². The maximum absolute atomic E-state index is 13.3. The highest BCUT2D eigenvalue weighted by molar-refractivity contribution is 9.10. The van der Waals surface area contributed by atoms with Gasteiger partial charge in [0.05, 0.1) is 26.7 Å². The first kappa shape index (κ1) is 20.5. The fourth-order valence-corrected chi connectivity index (χ4v) is 4.39. The maximum atomic E-state index is 13.3. The van der Waals surface area contributed by atoms with Crippen molar-refractivity contribution in [2.45, 2.75) is 37.6 Å². The van der Waals surface area contributed by atoms with E-state index in [0.717, 1.165) is 47.0 Å². The van der Waals surface area contributed by atoms with E-state index in [4.69, 9.17) is 14.2 Å². The fourth-order valence-electron chi connectivity index (χ4n) is 3.92. The predicted octanol–water partition coefficient (Wildman–Crippen LogP) is 4.60. The second kappa shape index (κ2) is 8.86. The second-order valence-electron chi connectivity index (χ2n) is 7.00. The molecule has 2 aromatic rings. The molecule has 0 radical (unpaired) electrons. The maximum Gasteiger partial charge on any atom is 0.230 e. The topological polar surface area (TPSA) is 56.8 Å². The number of carbonyl (C=O) groups excluding carboxylic acids is 1. The van der Waals surface area contributed by atoms with Crippen LogP contribution >= 0.6 is 15.9 Å². The number of methoxy groups -OCH3 is 3. The van der Waals surface area contributed by atoms with Crippen molar-refractivity contribution in [2.24, 2.45) is 0 Å². The van der Waals surface area contributed by atoms with Gasteiger partial charge in [-0.1, -0.05) is 40.9 Å². The van der Waals surface area contributed by atoms with Crippen LogP contribution in [0.5, 0.6) is 17.2 Å². The van der Waals surface area contributed by atoms with E-state index < -0.39 is 5.41 Å². The lowest BCUT2D eigenvalue weighted by Crippen LogP contribution is -2.42. The van der Waals surface area contributed by atoms with E-state index in [0.29, 0.717) is 18.0 Å². The molecule has 1 aliphatic rings. The molecule has 5 nitrogen and oxygen atoms in total. The summed E-state index contributed by atoms with van der Waals surface area (Å²) in [5.41, 5.74) is 1.45. The number of hydrogen-bond donors (Lipinski definition) is 1. The predicted molar refractivity (Wildman–Crippen MR) is 112 cm³/mol. The van der Waals surface area contributed by atoms with E-state index in [1.165, 1.54) is 0 Å². The monoisotopic (exact) mass is 447 g/mol. The number of benzene rings is 2. The van der Waals surface area contributed by atoms with Crippen LogP contribution in [-0.2, 0) is 16.8 Å². The van der Waals surface area contributed by atoms with Crippen LogP contribution in [0.25, 0.3) is 0 Å². The van der Waals surface area contributed by atoms with Crippen molar-refractivity contribution in [3.8, 4) is 17.2 Å². The molecule has 1 amide bonds. The molecule has 0 heterocycles. The number of hydrogen-bond acceptors (Lipinski definition) is 4. The van der Waals surface area contributed by atoms with Crippen molar-refractivity contribution in [3.63, 3.8) is 0 Å². The van der Waals surface area contributed by atoms with Crippen molar-refractivity contribution in [1.82, 2.24) is 5.32 Å². The lowest BCUT2D eigenvalue weighted by molar-refractivity contribution is -0.126. The minimum atomic E-state index is -0.502. The van der Waals surface area contributed by atoms with Crippen molar-refractivity contribution in [2.75, 3.05) is 21.3 Å². The molecule has 150 valence electrons. The standard InChI is InChI=1S/C22H26BrNO4/c1-26-17-8-6-7-16(12-17)22(9-4-5-10-22)21(25)24-14-15-11-19(27-2)20(28-3)13-18(15)23/h6-8,11-13H,4-5,9-10,14H2,1-3H3,(H,24,25). The summed E-state index contributed by atoms with van der Waals surface area (Å²) in [6, 6.07) is 11.6. The summed E-state index contributed by atoms with van der Waals surface area (Å²) in [5, 5.41) is 3.14. The smallest absolute Gasteiger partial charge is 0.230 e. The lowest BCUT2D eigenvalue weighted by atomic mass is 9.78. The van der Waals surface area contributed by atoms with Gasteiger partial charge in [0.15, 0.2) is 11.5 Å². The summed E-state index contributed by atoms with van der Waals surface area (Å²) in [6.07, 6.45) is 3.79. The van der Waals surface area contributed by atoms with Gasteiger partial charge in [-0.15, -0.1) is 0 Å². The van der Waals surface area contributed by atoms with Gasteiger partial charge in [-0.2, -0.15) is 0 Å². The molecule has 28 heavy (non-hydrogen) atoms. The van der Waals surface area contributed by atoms with Gasteiger partial charge in [0.2, 0.25) is 5.91 Å². The van der Waals surface area contributed by atoms with Crippen molar-refractivity contribution in [1.29, 1.82) is 0 Å². The van der Waals surface area contributed by atoms with Crippen molar-refractivity contribution in [3.05, 3.63) is 52.0 Å². The van der Waals surface area contributed by atoms with E-state index in [1.807, 2.05) is 36.4 Å². The van der Waals surface area contributed by atoms with Crippen LogP contribution in [0.15, 0.2) is 40.9 Å². The molecular weight excluding hydrogens is 422 g/mol. The molecule has 1 aliphatic carbocycles. The van der Waals surface area contributed by atoms with Gasteiger partial charge in [-0.3, -0.25) is 4.79 Å². The van der Waals surface area contributed by atoms with Crippen LogP contribution in [0.3, 0.4) is 0 Å². The van der Waals surface area contributed by atoms with Crippen LogP contribution in [0.4, 0.5) is 0 Å². The number of carbonyl (C=O) groups is 1. The Labute approximate surface area is 174 Å². The zero-order valence-electron chi connectivity index (χ0n) is 16.5. The summed E-state index contributed by atoms with van der Waals surface area (Å²) >= 11 is 3.56. The van der Waals surface area contributed by atoms with Crippen LogP contribution < -0.4 is 19.5 Å². The van der Waals surface area contributed by atoms with Crippen molar-refractivity contribution < 1.29 is 19.0 Å². The van der Waals surface area contributed by atoms with E-state index in [-0.39, 0.29) is 5.91 Å². The van der Waals surface area contributed by atoms with Gasteiger partial charge >= 0.3 is 0 Å². The van der Waals surface area contributed by atoms with Gasteiger partial charge in [-0.25, -0.2) is 0 Å². The molecule has 6 heteroatoms. The highest BCUT2D eigenvalue weighted by Crippen LogP contribution is 2.42. The highest BCUT2D eigenvalue weighted by Gasteiger charge is 2.42. The molecule has 3 rings (SSSR count). The third-order valence-corrected chi connectivity index (χ3v) is 6.24. The molecule has 1 N–H and O–H groups in total. The summed E-state index contributed by atoms with van der Waals surface area (Å²) < 4.78 is 16.9. The van der Waals surface area contributed by atoms with Gasteiger partial charge in [0, 0.05) is 11.0 Å². The molecular formula is C22H26BrNO4. The van der Waals surface area contributed by atoms with Crippen LogP contribution in [0.1, 0.15) is 36.8 Å². The quantitative estimate of drug-likeness (QED) is 0.673. The van der Waals surface area contributed by atoms with Crippen LogP contribution in [-0.4, -0.2) is 27.2 Å². The minimum Gasteiger partial charge on any atom is -0.497 e. The molecule has 1 saturated carbocycles. The Balaban J connectivity index is 1.82. The molecule has 0 atom stereocenters. The average molecular weight is 448 g/mol. The zero-order chi connectivity index (χ0) is 20.1. The molecule has 0 aliphatic heterocycles. The zero-order valence-corrected chi connectivity index (χ0v) is 18.1. The van der Waals surface area contributed by atoms with Crippen molar-refractivity contribution >= 4 is 21.8 Å². The number of rotatable bonds is 7. The lowest BCUT2D eigenvalue weighted by Gasteiger charge is -2.29. The Morgan fingerprint density at radius 3 is 2.36 bits per heavy atom. The Morgan fingerprint density at radius 2 is 1.71 bits per heavy atom. The molecule has 0 unspecified atom stereocenters. The molecule has 0 bridgehead atoms. The largest absolute Gasteiger partial charge is 0.497 e. The van der Waals surface area contributed by atoms with Gasteiger partial charge in [0.25, 0.3) is 0 Å². The highest BCUT2D eigenvalue weighted by atomic mass is 79.9. The molecule has 0 saturated heterocycles. The third-order valence-electron chi connectivity index (χ3n) is 5.51. The van der Waals surface area contributed by atoms with E-state index in [2.05, 4.69) is 21.2 Å². The number of ether oxygens (including phenoxy) is 3. The SMILES string of the molecule is COc1cccc(C2(C(=O)NCc3cc(OC)c(OC)cc3Br)CCCC2)c1. The Hall–Kier alpha value is -2.21. The average Bonchev–Trinajstić information content (AvgIpc) is 3.23. The first-order chi connectivity index (χ1) is 13.5. The third kappa shape index (κ3) is 3.97. The number of amides is 1. The fraction of sp³-hybridized carbons (Fsp3) is 0.409. The minimum absolute atomic E-state index is 0.0555. The summed E-state index contributed by atoms with van der Waals surface area (Å²) in [7, 11) is 4.85. The first-order valence-electron chi connectivity index (χ1n) is 9.37. The van der Waals surface area contributed by atoms with Gasteiger partial charge < -0.3 is 19.5 Å².